The van der Waals surface area contributed by atoms with E-state index >= 15 is 0 Å². The molecule has 31 heavy (non-hydrogen) atoms. The second kappa shape index (κ2) is 10.1. The summed E-state index contributed by atoms with van der Waals surface area (Å²) in [6.45, 7) is 10.4. The Hall–Kier alpha value is -1.99. The average Bonchev–Trinajstić information content (AvgIpc) is 2.75. The largest absolute Gasteiger partial charge is 0.381 e. The molecule has 2 fully saturated rings. The zero-order chi connectivity index (χ0) is 21.8. The summed E-state index contributed by atoms with van der Waals surface area (Å²) < 4.78 is 5.48. The number of pyridine rings is 1. The Bertz CT molecular complexity index is 857. The lowest BCUT2D eigenvalue weighted by atomic mass is 9.90. The second-order valence-electron chi connectivity index (χ2n) is 9.73. The molecule has 1 saturated heterocycles. The van der Waals surface area contributed by atoms with Gasteiger partial charge in [0.25, 0.3) is 0 Å². The highest BCUT2D eigenvalue weighted by atomic mass is 16.5. The summed E-state index contributed by atoms with van der Waals surface area (Å²) >= 11 is 0. The normalized spacial score (nSPS) is 22.9. The van der Waals surface area contributed by atoms with Gasteiger partial charge in [0.15, 0.2) is 5.82 Å². The van der Waals surface area contributed by atoms with Crippen LogP contribution in [0.1, 0.15) is 77.8 Å². The van der Waals surface area contributed by atoms with Crippen molar-refractivity contribution >= 4 is 22.7 Å². The van der Waals surface area contributed by atoms with Crippen molar-refractivity contribution in [2.75, 3.05) is 23.8 Å². The van der Waals surface area contributed by atoms with Gasteiger partial charge in [-0.2, -0.15) is 0 Å². The number of hydrogen-bond acceptors (Lipinski definition) is 7. The number of hydrogen-bond donors (Lipinski definition) is 3. The van der Waals surface area contributed by atoms with Crippen LogP contribution in [0.15, 0.2) is 12.3 Å². The lowest BCUT2D eigenvalue weighted by Gasteiger charge is -2.33. The molecule has 3 N–H and O–H groups in total. The summed E-state index contributed by atoms with van der Waals surface area (Å²) in [7, 11) is 0. The smallest absolute Gasteiger partial charge is 0.223 e. The highest BCUT2D eigenvalue weighted by Crippen LogP contribution is 2.27. The van der Waals surface area contributed by atoms with Gasteiger partial charge in [-0.25, -0.2) is 15.0 Å². The van der Waals surface area contributed by atoms with Gasteiger partial charge in [-0.1, -0.05) is 13.8 Å². The van der Waals surface area contributed by atoms with E-state index in [1.807, 2.05) is 6.20 Å². The van der Waals surface area contributed by atoms with Gasteiger partial charge in [0, 0.05) is 54.7 Å². The Balaban J connectivity index is 1.41. The molecule has 2 aliphatic rings. The van der Waals surface area contributed by atoms with Crippen molar-refractivity contribution in [1.82, 2.24) is 20.3 Å². The van der Waals surface area contributed by atoms with Crippen molar-refractivity contribution in [2.45, 2.75) is 96.3 Å². The highest BCUT2D eigenvalue weighted by Gasteiger charge is 2.25. The first-order valence-electron chi connectivity index (χ1n) is 12.0. The number of nitrogens with zero attached hydrogens (tertiary/aromatic N) is 3. The van der Waals surface area contributed by atoms with E-state index in [4.69, 9.17) is 14.7 Å². The van der Waals surface area contributed by atoms with Gasteiger partial charge in [-0.05, 0) is 64.4 Å². The molecule has 1 aliphatic carbocycles. The number of aromatic nitrogens is 3. The molecule has 0 unspecified atom stereocenters. The van der Waals surface area contributed by atoms with E-state index in [-0.39, 0.29) is 0 Å². The van der Waals surface area contributed by atoms with Crippen LogP contribution in [0, 0.1) is 0 Å². The standard InChI is InChI=1S/C24H38N6O/c1-15(2)21-13-17-14-25-24(30-22(17)23(29-21)26-16(3)4)28-19-7-5-18(6-8-19)27-20-9-11-31-12-10-20/h13-16,18-20,27H,5-12H2,1-4H3,(H,26,29)(H,25,28,30)/t18-,19-. The summed E-state index contributed by atoms with van der Waals surface area (Å²) in [5.74, 6) is 1.92. The van der Waals surface area contributed by atoms with Crippen LogP contribution in [0.5, 0.6) is 0 Å². The van der Waals surface area contributed by atoms with E-state index in [1.54, 1.807) is 0 Å². The van der Waals surface area contributed by atoms with Crippen molar-refractivity contribution < 1.29 is 4.74 Å². The molecule has 3 heterocycles. The maximum atomic E-state index is 5.48. The number of ether oxygens (including phenoxy) is 1. The maximum Gasteiger partial charge on any atom is 0.223 e. The van der Waals surface area contributed by atoms with Gasteiger partial charge in [0.2, 0.25) is 5.95 Å². The maximum absolute atomic E-state index is 5.48. The van der Waals surface area contributed by atoms with Crippen LogP contribution in [-0.2, 0) is 4.74 Å². The summed E-state index contributed by atoms with van der Waals surface area (Å²) in [6, 6.07) is 4.08. The van der Waals surface area contributed by atoms with Crippen molar-refractivity contribution in [3.63, 3.8) is 0 Å². The third kappa shape index (κ3) is 5.83. The second-order valence-corrected chi connectivity index (χ2v) is 9.73. The zero-order valence-corrected chi connectivity index (χ0v) is 19.4. The van der Waals surface area contributed by atoms with Gasteiger partial charge in [-0.3, -0.25) is 0 Å². The van der Waals surface area contributed by atoms with Gasteiger partial charge in [0.05, 0.1) is 0 Å². The van der Waals surface area contributed by atoms with Crippen LogP contribution in [0.4, 0.5) is 11.8 Å². The van der Waals surface area contributed by atoms with Crippen molar-refractivity contribution in [1.29, 1.82) is 0 Å². The van der Waals surface area contributed by atoms with Gasteiger partial charge in [-0.15, -0.1) is 0 Å². The fourth-order valence-corrected chi connectivity index (χ4v) is 4.58. The van der Waals surface area contributed by atoms with E-state index in [2.05, 4.69) is 54.7 Å². The molecule has 2 aromatic heterocycles. The molecule has 1 saturated carbocycles. The number of anilines is 2. The van der Waals surface area contributed by atoms with Crippen molar-refractivity contribution in [3.8, 4) is 0 Å². The van der Waals surface area contributed by atoms with E-state index < -0.39 is 0 Å². The monoisotopic (exact) mass is 426 g/mol. The first kappa shape index (κ1) is 22.2. The minimum absolute atomic E-state index is 0.294. The Morgan fingerprint density at radius 1 is 0.903 bits per heavy atom. The minimum atomic E-state index is 0.294. The lowest BCUT2D eigenvalue weighted by molar-refractivity contribution is 0.0730. The topological polar surface area (TPSA) is 84.0 Å². The Labute approximate surface area is 186 Å². The van der Waals surface area contributed by atoms with E-state index in [1.165, 1.54) is 12.8 Å². The fourth-order valence-electron chi connectivity index (χ4n) is 4.58. The average molecular weight is 427 g/mol. The molecule has 0 aromatic carbocycles. The predicted molar refractivity (Wildman–Crippen MR) is 127 cm³/mol. The van der Waals surface area contributed by atoms with Crippen LogP contribution in [0.3, 0.4) is 0 Å². The molecule has 4 rings (SSSR count). The summed E-state index contributed by atoms with van der Waals surface area (Å²) in [6.07, 6.45) is 8.89. The SMILES string of the molecule is CC(C)Nc1nc(C(C)C)cc2cnc(N[C@H]3CC[C@H](NC4CCOCC4)CC3)nc12. The van der Waals surface area contributed by atoms with E-state index in [0.29, 0.717) is 36.0 Å². The number of nitrogens with one attached hydrogen (secondary N) is 3. The molecule has 0 atom stereocenters. The Kier molecular flexibility index (Phi) is 7.23. The molecule has 0 amide bonds. The van der Waals surface area contributed by atoms with Crippen LogP contribution < -0.4 is 16.0 Å². The molecular formula is C24H38N6O. The molecule has 7 nitrogen and oxygen atoms in total. The predicted octanol–water partition coefficient (Wildman–Crippen LogP) is 4.46. The number of fused-ring (bicyclic) bond motifs is 1. The van der Waals surface area contributed by atoms with E-state index in [9.17, 15) is 0 Å². The quantitative estimate of drug-likeness (QED) is 0.603. The molecule has 0 radical (unpaired) electrons. The molecule has 2 aromatic rings. The highest BCUT2D eigenvalue weighted by molar-refractivity contribution is 5.89. The zero-order valence-electron chi connectivity index (χ0n) is 19.4. The summed E-state index contributed by atoms with van der Waals surface area (Å²) in [4.78, 5) is 14.3. The van der Waals surface area contributed by atoms with E-state index in [0.717, 1.165) is 61.3 Å². The number of rotatable bonds is 7. The third-order valence-corrected chi connectivity index (χ3v) is 6.36. The molecule has 0 bridgehead atoms. The summed E-state index contributed by atoms with van der Waals surface area (Å²) in [5, 5.41) is 12.0. The molecule has 7 heteroatoms. The van der Waals surface area contributed by atoms with Crippen molar-refractivity contribution in [3.05, 3.63) is 18.0 Å². The Morgan fingerprint density at radius 3 is 2.26 bits per heavy atom. The van der Waals surface area contributed by atoms with Crippen LogP contribution in [0.2, 0.25) is 0 Å². The van der Waals surface area contributed by atoms with Gasteiger partial charge >= 0.3 is 0 Å². The first-order valence-corrected chi connectivity index (χ1v) is 12.0. The molecule has 1 aliphatic heterocycles. The van der Waals surface area contributed by atoms with Crippen LogP contribution in [-0.4, -0.2) is 52.3 Å². The van der Waals surface area contributed by atoms with Crippen LogP contribution in [0.25, 0.3) is 10.9 Å². The molecular weight excluding hydrogens is 388 g/mol. The first-order chi connectivity index (χ1) is 15.0. The minimum Gasteiger partial charge on any atom is -0.381 e. The molecule has 0 spiro atoms. The lowest BCUT2D eigenvalue weighted by Crippen LogP contribution is -2.44. The van der Waals surface area contributed by atoms with Gasteiger partial charge < -0.3 is 20.7 Å². The van der Waals surface area contributed by atoms with Crippen molar-refractivity contribution in [2.24, 2.45) is 0 Å². The Morgan fingerprint density at radius 2 is 1.58 bits per heavy atom. The van der Waals surface area contributed by atoms with Crippen LogP contribution >= 0.6 is 0 Å². The fraction of sp³-hybridized carbons (Fsp3) is 0.708. The summed E-state index contributed by atoms with van der Waals surface area (Å²) in [5.41, 5.74) is 1.96. The van der Waals surface area contributed by atoms with Gasteiger partial charge in [0.1, 0.15) is 5.52 Å². The third-order valence-electron chi connectivity index (χ3n) is 6.36. The molecule has 170 valence electrons.